The molecule has 1 amide bonds. The fourth-order valence-electron chi connectivity index (χ4n) is 1.97. The highest BCUT2D eigenvalue weighted by atomic mass is 16.5. The van der Waals surface area contributed by atoms with Crippen LogP contribution in [0.3, 0.4) is 0 Å². The van der Waals surface area contributed by atoms with E-state index in [1.54, 1.807) is 17.9 Å². The van der Waals surface area contributed by atoms with Crippen LogP contribution in [0.1, 0.15) is 37.0 Å². The second-order valence-electron chi connectivity index (χ2n) is 5.98. The lowest BCUT2D eigenvalue weighted by Gasteiger charge is -2.19. The molecule has 0 aliphatic carbocycles. The van der Waals surface area contributed by atoms with E-state index in [0.717, 1.165) is 17.1 Å². The molecule has 0 atom stereocenters. The maximum atomic E-state index is 12.2. The lowest BCUT2D eigenvalue weighted by molar-refractivity contribution is 0.0914. The molecule has 2 aromatic rings. The van der Waals surface area contributed by atoms with Crippen molar-refractivity contribution < 1.29 is 9.53 Å². The van der Waals surface area contributed by atoms with Gasteiger partial charge < -0.3 is 10.1 Å². The van der Waals surface area contributed by atoms with Crippen LogP contribution in [0, 0.1) is 6.92 Å². The summed E-state index contributed by atoms with van der Waals surface area (Å²) in [5.74, 6) is 0.618. The zero-order chi connectivity index (χ0) is 15.6. The third-order valence-electron chi connectivity index (χ3n) is 2.93. The van der Waals surface area contributed by atoms with E-state index < -0.39 is 0 Å². The van der Waals surface area contributed by atoms with Crippen LogP contribution in [-0.2, 0) is 0 Å². The Labute approximate surface area is 124 Å². The van der Waals surface area contributed by atoms with Crippen LogP contribution < -0.4 is 10.1 Å². The molecule has 0 aliphatic heterocycles. The number of ether oxygens (including phenoxy) is 1. The lowest BCUT2D eigenvalue weighted by atomic mass is 10.1. The molecule has 1 N–H and O–H groups in total. The Hall–Kier alpha value is -2.30. The van der Waals surface area contributed by atoms with E-state index in [1.807, 2.05) is 52.0 Å². The van der Waals surface area contributed by atoms with Crippen molar-refractivity contribution in [1.82, 2.24) is 15.1 Å². The van der Waals surface area contributed by atoms with E-state index in [2.05, 4.69) is 10.4 Å². The van der Waals surface area contributed by atoms with E-state index in [9.17, 15) is 4.79 Å². The highest BCUT2D eigenvalue weighted by Gasteiger charge is 2.18. The number of amides is 1. The summed E-state index contributed by atoms with van der Waals surface area (Å²) in [6.45, 7) is 7.75. The summed E-state index contributed by atoms with van der Waals surface area (Å²) in [5.41, 5.74) is 1.93. The molecular weight excluding hydrogens is 266 g/mol. The summed E-state index contributed by atoms with van der Waals surface area (Å²) in [5, 5.41) is 7.29. The maximum absolute atomic E-state index is 12.2. The van der Waals surface area contributed by atoms with Crippen LogP contribution in [0.25, 0.3) is 5.69 Å². The highest BCUT2D eigenvalue weighted by molar-refractivity contribution is 5.92. The third kappa shape index (κ3) is 3.62. The van der Waals surface area contributed by atoms with Crippen molar-refractivity contribution >= 4 is 5.91 Å². The van der Waals surface area contributed by atoms with Crippen molar-refractivity contribution in [3.05, 3.63) is 41.7 Å². The molecule has 1 aromatic carbocycles. The van der Waals surface area contributed by atoms with Crippen LogP contribution in [0.2, 0.25) is 0 Å². The van der Waals surface area contributed by atoms with E-state index in [0.29, 0.717) is 5.69 Å². The van der Waals surface area contributed by atoms with Crippen molar-refractivity contribution in [2.24, 2.45) is 0 Å². The Bertz CT molecular complexity index is 637. The standard InChI is InChI=1S/C16H21N3O2/c1-11-10-14(15(20)17-16(2,3)4)18-19(11)12-6-8-13(21-5)9-7-12/h6-10H,1-5H3,(H,17,20). The Kier molecular flexibility index (Phi) is 4.02. The minimum Gasteiger partial charge on any atom is -0.497 e. The van der Waals surface area contributed by atoms with Gasteiger partial charge in [0.15, 0.2) is 5.69 Å². The van der Waals surface area contributed by atoms with Crippen molar-refractivity contribution in [3.63, 3.8) is 0 Å². The first-order valence-electron chi connectivity index (χ1n) is 6.84. The molecule has 0 unspecified atom stereocenters. The van der Waals surface area contributed by atoms with Gasteiger partial charge in [-0.1, -0.05) is 0 Å². The van der Waals surface area contributed by atoms with Crippen molar-refractivity contribution in [3.8, 4) is 11.4 Å². The molecule has 21 heavy (non-hydrogen) atoms. The van der Waals surface area contributed by atoms with E-state index in [1.165, 1.54) is 0 Å². The molecule has 0 fully saturated rings. The molecule has 112 valence electrons. The van der Waals surface area contributed by atoms with Crippen LogP contribution in [0.4, 0.5) is 0 Å². The first kappa shape index (κ1) is 15.1. The highest BCUT2D eigenvalue weighted by Crippen LogP contribution is 2.17. The number of rotatable bonds is 3. The smallest absolute Gasteiger partial charge is 0.272 e. The maximum Gasteiger partial charge on any atom is 0.272 e. The number of hydrogen-bond donors (Lipinski definition) is 1. The molecule has 0 saturated carbocycles. The Morgan fingerprint density at radius 2 is 1.86 bits per heavy atom. The first-order valence-corrected chi connectivity index (χ1v) is 6.84. The molecular formula is C16H21N3O2. The number of nitrogens with zero attached hydrogens (tertiary/aromatic N) is 2. The molecule has 0 spiro atoms. The molecule has 0 radical (unpaired) electrons. The second-order valence-corrected chi connectivity index (χ2v) is 5.98. The van der Waals surface area contributed by atoms with Crippen LogP contribution in [0.15, 0.2) is 30.3 Å². The number of carbonyl (C=O) groups excluding carboxylic acids is 1. The zero-order valence-electron chi connectivity index (χ0n) is 13.1. The van der Waals surface area contributed by atoms with Crippen molar-refractivity contribution in [1.29, 1.82) is 0 Å². The molecule has 5 nitrogen and oxygen atoms in total. The normalized spacial score (nSPS) is 11.3. The molecule has 0 saturated heterocycles. The summed E-state index contributed by atoms with van der Waals surface area (Å²) in [4.78, 5) is 12.2. The Morgan fingerprint density at radius 1 is 1.24 bits per heavy atom. The average Bonchev–Trinajstić information content (AvgIpc) is 2.79. The van der Waals surface area contributed by atoms with Crippen LogP contribution >= 0.6 is 0 Å². The summed E-state index contributed by atoms with van der Waals surface area (Å²) in [7, 11) is 1.63. The quantitative estimate of drug-likeness (QED) is 0.944. The predicted molar refractivity (Wildman–Crippen MR) is 82.1 cm³/mol. The largest absolute Gasteiger partial charge is 0.497 e. The number of benzene rings is 1. The molecule has 1 heterocycles. The third-order valence-corrected chi connectivity index (χ3v) is 2.93. The number of carbonyl (C=O) groups is 1. The minimum atomic E-state index is -0.283. The number of aromatic nitrogens is 2. The summed E-state index contributed by atoms with van der Waals surface area (Å²) >= 11 is 0. The summed E-state index contributed by atoms with van der Waals surface area (Å²) in [6.07, 6.45) is 0. The van der Waals surface area contributed by atoms with Gasteiger partial charge in [-0.25, -0.2) is 4.68 Å². The second kappa shape index (κ2) is 5.60. The SMILES string of the molecule is COc1ccc(-n2nc(C(=O)NC(C)(C)C)cc2C)cc1. The molecule has 5 heteroatoms. The molecule has 2 rings (SSSR count). The lowest BCUT2D eigenvalue weighted by Crippen LogP contribution is -2.40. The van der Waals surface area contributed by atoms with Crippen LogP contribution in [0.5, 0.6) is 5.75 Å². The summed E-state index contributed by atoms with van der Waals surface area (Å²) < 4.78 is 6.89. The van der Waals surface area contributed by atoms with Gasteiger partial charge in [-0.15, -0.1) is 0 Å². The Morgan fingerprint density at radius 3 is 2.38 bits per heavy atom. The molecule has 0 aliphatic rings. The Balaban J connectivity index is 2.28. The number of methoxy groups -OCH3 is 1. The molecule has 0 bridgehead atoms. The van der Waals surface area contributed by atoms with Gasteiger partial charge in [0.2, 0.25) is 0 Å². The van der Waals surface area contributed by atoms with Crippen molar-refractivity contribution in [2.45, 2.75) is 33.2 Å². The van der Waals surface area contributed by atoms with Gasteiger partial charge >= 0.3 is 0 Å². The fourth-order valence-corrected chi connectivity index (χ4v) is 1.97. The van der Waals surface area contributed by atoms with Crippen LogP contribution in [-0.4, -0.2) is 28.3 Å². The van der Waals surface area contributed by atoms with Gasteiger partial charge in [-0.05, 0) is 58.0 Å². The average molecular weight is 287 g/mol. The van der Waals surface area contributed by atoms with Gasteiger partial charge in [0.1, 0.15) is 5.75 Å². The van der Waals surface area contributed by atoms with E-state index in [-0.39, 0.29) is 11.4 Å². The monoisotopic (exact) mass is 287 g/mol. The minimum absolute atomic E-state index is 0.169. The van der Waals surface area contributed by atoms with E-state index in [4.69, 9.17) is 4.74 Å². The van der Waals surface area contributed by atoms with Gasteiger partial charge in [-0.2, -0.15) is 5.10 Å². The first-order chi connectivity index (χ1) is 9.80. The van der Waals surface area contributed by atoms with Gasteiger partial charge in [0.25, 0.3) is 5.91 Å². The summed E-state index contributed by atoms with van der Waals surface area (Å²) in [6, 6.07) is 9.33. The number of nitrogens with one attached hydrogen (secondary N) is 1. The number of aryl methyl sites for hydroxylation is 1. The zero-order valence-corrected chi connectivity index (χ0v) is 13.1. The van der Waals surface area contributed by atoms with E-state index >= 15 is 0 Å². The molecule has 1 aromatic heterocycles. The fraction of sp³-hybridized carbons (Fsp3) is 0.375. The van der Waals surface area contributed by atoms with Crippen molar-refractivity contribution in [2.75, 3.05) is 7.11 Å². The number of hydrogen-bond acceptors (Lipinski definition) is 3. The van der Waals surface area contributed by atoms with Gasteiger partial charge in [0, 0.05) is 11.2 Å². The predicted octanol–water partition coefficient (Wildman–Crippen LogP) is 2.72. The van der Waals surface area contributed by atoms with Gasteiger partial charge in [-0.3, -0.25) is 4.79 Å². The van der Waals surface area contributed by atoms with Gasteiger partial charge in [0.05, 0.1) is 12.8 Å². The topological polar surface area (TPSA) is 56.2 Å².